The molecule has 0 fully saturated rings. The lowest BCUT2D eigenvalue weighted by atomic mass is 10.1. The van der Waals surface area contributed by atoms with Crippen LogP contribution in [-0.4, -0.2) is 24.4 Å². The Morgan fingerprint density at radius 3 is 1.96 bits per heavy atom. The first-order valence-corrected chi connectivity index (χ1v) is 9.48. The van der Waals surface area contributed by atoms with Crippen LogP contribution in [0.4, 0.5) is 0 Å². The molecule has 140 valence electrons. The van der Waals surface area contributed by atoms with E-state index in [-0.39, 0.29) is 0 Å². The van der Waals surface area contributed by atoms with Crippen molar-refractivity contribution in [3.05, 3.63) is 102 Å². The second kappa shape index (κ2) is 9.91. The van der Waals surface area contributed by atoms with Crippen LogP contribution in [0.5, 0.6) is 5.75 Å². The van der Waals surface area contributed by atoms with E-state index in [9.17, 15) is 5.11 Å². The lowest BCUT2D eigenvalue weighted by Crippen LogP contribution is -3.10. The van der Waals surface area contributed by atoms with E-state index in [0.29, 0.717) is 13.2 Å². The van der Waals surface area contributed by atoms with Gasteiger partial charge in [-0.2, -0.15) is 0 Å². The quantitative estimate of drug-likeness (QED) is 0.614. The maximum absolute atomic E-state index is 10.6. The molecule has 3 nitrogen and oxygen atoms in total. The molecule has 3 aromatic rings. The Hall–Kier alpha value is -2.62. The van der Waals surface area contributed by atoms with Gasteiger partial charge in [-0.25, -0.2) is 0 Å². The number of rotatable bonds is 9. The fourth-order valence-corrected chi connectivity index (χ4v) is 3.27. The number of hydrogen-bond acceptors (Lipinski definition) is 2. The van der Waals surface area contributed by atoms with Crippen LogP contribution < -0.4 is 9.64 Å². The maximum Gasteiger partial charge on any atom is 0.137 e. The lowest BCUT2D eigenvalue weighted by molar-refractivity contribution is -0.930. The number of aliphatic hydroxyl groups excluding tert-OH is 1. The van der Waals surface area contributed by atoms with Gasteiger partial charge in [-0.05, 0) is 24.6 Å². The third-order valence-corrected chi connectivity index (χ3v) is 4.55. The van der Waals surface area contributed by atoms with Gasteiger partial charge in [0.2, 0.25) is 0 Å². The molecule has 3 heteroatoms. The minimum Gasteiger partial charge on any atom is -0.491 e. The van der Waals surface area contributed by atoms with Crippen LogP contribution >= 0.6 is 0 Å². The normalized spacial score (nSPS) is 12.1. The SMILES string of the molecule is Cc1cccc(OCC(O)C[NH+](Cc2ccccc2)Cc2ccccc2)c1. The monoisotopic (exact) mass is 362 g/mol. The molecule has 2 N–H and O–H groups in total. The minimum absolute atomic E-state index is 0.302. The predicted molar refractivity (Wildman–Crippen MR) is 109 cm³/mol. The Morgan fingerprint density at radius 1 is 0.815 bits per heavy atom. The molecule has 3 aromatic carbocycles. The van der Waals surface area contributed by atoms with Crippen molar-refractivity contribution in [1.82, 2.24) is 0 Å². The van der Waals surface area contributed by atoms with Gasteiger partial charge in [0.15, 0.2) is 0 Å². The molecule has 0 aliphatic rings. The van der Waals surface area contributed by atoms with Crippen LogP contribution in [0.2, 0.25) is 0 Å². The molecule has 1 unspecified atom stereocenters. The summed E-state index contributed by atoms with van der Waals surface area (Å²) in [4.78, 5) is 1.31. The van der Waals surface area contributed by atoms with Crippen molar-refractivity contribution in [3.8, 4) is 5.75 Å². The van der Waals surface area contributed by atoms with Crippen molar-refractivity contribution in [2.45, 2.75) is 26.1 Å². The van der Waals surface area contributed by atoms with Gasteiger partial charge in [0.05, 0.1) is 0 Å². The molecule has 0 heterocycles. The smallest absolute Gasteiger partial charge is 0.137 e. The van der Waals surface area contributed by atoms with Crippen LogP contribution in [0.15, 0.2) is 84.9 Å². The van der Waals surface area contributed by atoms with E-state index in [0.717, 1.165) is 24.4 Å². The summed E-state index contributed by atoms with van der Waals surface area (Å²) < 4.78 is 5.79. The Bertz CT molecular complexity index is 763. The summed E-state index contributed by atoms with van der Waals surface area (Å²) >= 11 is 0. The minimum atomic E-state index is -0.520. The Labute approximate surface area is 161 Å². The van der Waals surface area contributed by atoms with Crippen LogP contribution in [0, 0.1) is 6.92 Å². The molecule has 0 aromatic heterocycles. The lowest BCUT2D eigenvalue weighted by Gasteiger charge is -2.23. The molecule has 0 bridgehead atoms. The largest absolute Gasteiger partial charge is 0.491 e. The topological polar surface area (TPSA) is 33.9 Å². The number of aliphatic hydroxyl groups is 1. The van der Waals surface area contributed by atoms with Gasteiger partial charge in [-0.1, -0.05) is 72.8 Å². The molecular formula is C24H28NO2+. The number of hydrogen-bond donors (Lipinski definition) is 2. The first-order valence-electron chi connectivity index (χ1n) is 9.48. The van der Waals surface area contributed by atoms with Gasteiger partial charge >= 0.3 is 0 Å². The van der Waals surface area contributed by atoms with E-state index in [2.05, 4.69) is 48.5 Å². The predicted octanol–water partition coefficient (Wildman–Crippen LogP) is 3.02. The summed E-state index contributed by atoms with van der Waals surface area (Å²) in [6, 6.07) is 28.8. The highest BCUT2D eigenvalue weighted by Crippen LogP contribution is 2.12. The number of quaternary nitrogens is 1. The van der Waals surface area contributed by atoms with Crippen molar-refractivity contribution in [2.75, 3.05) is 13.2 Å². The number of benzene rings is 3. The zero-order chi connectivity index (χ0) is 18.9. The van der Waals surface area contributed by atoms with E-state index in [1.807, 2.05) is 43.3 Å². The Balaban J connectivity index is 1.60. The van der Waals surface area contributed by atoms with Crippen LogP contribution in [-0.2, 0) is 13.1 Å². The highest BCUT2D eigenvalue weighted by molar-refractivity contribution is 5.27. The molecule has 0 saturated carbocycles. The highest BCUT2D eigenvalue weighted by atomic mass is 16.5. The molecule has 1 atom stereocenters. The van der Waals surface area contributed by atoms with Crippen molar-refractivity contribution in [2.24, 2.45) is 0 Å². The number of aryl methyl sites for hydroxylation is 1. The van der Waals surface area contributed by atoms with Crippen LogP contribution in [0.1, 0.15) is 16.7 Å². The molecule has 0 aliphatic heterocycles. The molecule has 0 aliphatic carbocycles. The average Bonchev–Trinajstić information content (AvgIpc) is 2.68. The molecule has 27 heavy (non-hydrogen) atoms. The van der Waals surface area contributed by atoms with E-state index in [1.165, 1.54) is 16.0 Å². The first kappa shape index (κ1) is 19.2. The molecule has 0 amide bonds. The van der Waals surface area contributed by atoms with Crippen LogP contribution in [0.25, 0.3) is 0 Å². The molecular weight excluding hydrogens is 334 g/mol. The number of ether oxygens (including phenoxy) is 1. The van der Waals surface area contributed by atoms with Gasteiger partial charge in [0.25, 0.3) is 0 Å². The van der Waals surface area contributed by atoms with Crippen molar-refractivity contribution >= 4 is 0 Å². The summed E-state index contributed by atoms with van der Waals surface area (Å²) in [5.74, 6) is 0.807. The molecule has 0 saturated heterocycles. The van der Waals surface area contributed by atoms with Crippen LogP contribution in [0.3, 0.4) is 0 Å². The van der Waals surface area contributed by atoms with Gasteiger partial charge in [-0.3, -0.25) is 0 Å². The van der Waals surface area contributed by atoms with Crippen molar-refractivity contribution < 1.29 is 14.7 Å². The standard InChI is InChI=1S/C24H27NO2/c1-20-9-8-14-24(15-20)27-19-23(26)18-25(16-21-10-4-2-5-11-21)17-22-12-6-3-7-13-22/h2-15,23,26H,16-19H2,1H3/p+1. The molecule has 0 radical (unpaired) electrons. The average molecular weight is 362 g/mol. The highest BCUT2D eigenvalue weighted by Gasteiger charge is 2.17. The van der Waals surface area contributed by atoms with Gasteiger partial charge in [0.1, 0.15) is 38.1 Å². The summed E-state index contributed by atoms with van der Waals surface area (Å²) in [5, 5.41) is 10.6. The summed E-state index contributed by atoms with van der Waals surface area (Å²) in [5.41, 5.74) is 3.70. The third kappa shape index (κ3) is 6.55. The van der Waals surface area contributed by atoms with Crippen molar-refractivity contribution in [1.29, 1.82) is 0 Å². The van der Waals surface area contributed by atoms with Gasteiger partial charge in [-0.15, -0.1) is 0 Å². The third-order valence-electron chi connectivity index (χ3n) is 4.55. The maximum atomic E-state index is 10.6. The van der Waals surface area contributed by atoms with E-state index < -0.39 is 6.10 Å². The van der Waals surface area contributed by atoms with Crippen molar-refractivity contribution in [3.63, 3.8) is 0 Å². The summed E-state index contributed by atoms with van der Waals surface area (Å²) in [6.45, 7) is 4.72. The van der Waals surface area contributed by atoms with E-state index in [1.54, 1.807) is 0 Å². The fourth-order valence-electron chi connectivity index (χ4n) is 3.27. The summed E-state index contributed by atoms with van der Waals surface area (Å²) in [7, 11) is 0. The zero-order valence-electron chi connectivity index (χ0n) is 15.8. The number of nitrogens with one attached hydrogen (secondary N) is 1. The molecule has 0 spiro atoms. The fraction of sp³-hybridized carbons (Fsp3) is 0.250. The Morgan fingerprint density at radius 2 is 1.41 bits per heavy atom. The second-order valence-corrected chi connectivity index (χ2v) is 7.06. The second-order valence-electron chi connectivity index (χ2n) is 7.06. The Kier molecular flexibility index (Phi) is 7.03. The molecule has 3 rings (SSSR count). The van der Waals surface area contributed by atoms with E-state index >= 15 is 0 Å². The van der Waals surface area contributed by atoms with Gasteiger partial charge < -0.3 is 14.7 Å². The first-order chi connectivity index (χ1) is 13.2. The summed E-state index contributed by atoms with van der Waals surface area (Å²) in [6.07, 6.45) is -0.520. The van der Waals surface area contributed by atoms with Gasteiger partial charge in [0, 0.05) is 11.1 Å². The van der Waals surface area contributed by atoms with E-state index in [4.69, 9.17) is 4.74 Å². The zero-order valence-corrected chi connectivity index (χ0v) is 15.8.